The summed E-state index contributed by atoms with van der Waals surface area (Å²) in [6.45, 7) is 7.04. The third kappa shape index (κ3) is 3.86. The molecule has 0 aliphatic rings. The summed E-state index contributed by atoms with van der Waals surface area (Å²) in [6.07, 6.45) is 2.89. The molecule has 0 fully saturated rings. The van der Waals surface area contributed by atoms with Crippen LogP contribution in [0, 0.1) is 12.7 Å². The molecule has 2 rings (SSSR count). The zero-order chi connectivity index (χ0) is 15.2. The predicted octanol–water partition coefficient (Wildman–Crippen LogP) is 4.03. The van der Waals surface area contributed by atoms with Crippen LogP contribution < -0.4 is 5.32 Å². The molecule has 1 aromatic heterocycles. The van der Waals surface area contributed by atoms with Crippen molar-refractivity contribution < 1.29 is 4.39 Å². The van der Waals surface area contributed by atoms with Crippen molar-refractivity contribution in [3.05, 3.63) is 45.7 Å². The summed E-state index contributed by atoms with van der Waals surface area (Å²) in [6, 6.07) is 5.09. The standard InChI is InChI=1S/C16H22FN3S/c1-4-6-14-16(21-20-19-14)15(18-9-5-2)12-10-11(3)7-8-13(12)17/h7-8,10,15,18H,4-6,9H2,1-3H3. The molecule has 0 aliphatic carbocycles. The average Bonchev–Trinajstić information content (AvgIpc) is 2.92. The first-order valence-corrected chi connectivity index (χ1v) is 8.25. The molecule has 2 aromatic rings. The fraction of sp³-hybridized carbons (Fsp3) is 0.500. The first-order chi connectivity index (χ1) is 10.2. The molecule has 0 bridgehead atoms. The van der Waals surface area contributed by atoms with Gasteiger partial charge in [0.2, 0.25) is 0 Å². The Kier molecular flexibility index (Phi) is 5.82. The van der Waals surface area contributed by atoms with Crippen LogP contribution in [0.4, 0.5) is 4.39 Å². The Morgan fingerprint density at radius 2 is 2.10 bits per heavy atom. The number of hydrogen-bond acceptors (Lipinski definition) is 4. The maximum Gasteiger partial charge on any atom is 0.128 e. The van der Waals surface area contributed by atoms with Crippen LogP contribution in [0.2, 0.25) is 0 Å². The average molecular weight is 307 g/mol. The number of nitrogens with one attached hydrogen (secondary N) is 1. The van der Waals surface area contributed by atoms with Gasteiger partial charge in [0.1, 0.15) is 5.82 Å². The van der Waals surface area contributed by atoms with Crippen LogP contribution in [-0.4, -0.2) is 16.1 Å². The third-order valence-corrected chi connectivity index (χ3v) is 4.23. The van der Waals surface area contributed by atoms with Crippen LogP contribution in [0.1, 0.15) is 54.4 Å². The molecule has 1 N–H and O–H groups in total. The van der Waals surface area contributed by atoms with Gasteiger partial charge in [0.25, 0.3) is 0 Å². The molecule has 1 heterocycles. The van der Waals surface area contributed by atoms with Crippen molar-refractivity contribution >= 4 is 11.5 Å². The number of halogens is 1. The van der Waals surface area contributed by atoms with E-state index in [-0.39, 0.29) is 11.9 Å². The van der Waals surface area contributed by atoms with Gasteiger partial charge in [-0.1, -0.05) is 42.5 Å². The van der Waals surface area contributed by atoms with E-state index in [9.17, 15) is 4.39 Å². The number of benzene rings is 1. The van der Waals surface area contributed by atoms with Crippen molar-refractivity contribution in [2.75, 3.05) is 6.54 Å². The predicted molar refractivity (Wildman–Crippen MR) is 85.2 cm³/mol. The molecule has 0 amide bonds. The highest BCUT2D eigenvalue weighted by Gasteiger charge is 2.23. The van der Waals surface area contributed by atoms with Crippen LogP contribution >= 0.6 is 11.5 Å². The summed E-state index contributed by atoms with van der Waals surface area (Å²) in [7, 11) is 0. The van der Waals surface area contributed by atoms with E-state index in [1.807, 2.05) is 13.0 Å². The largest absolute Gasteiger partial charge is 0.305 e. The van der Waals surface area contributed by atoms with Gasteiger partial charge in [-0.3, -0.25) is 0 Å². The van der Waals surface area contributed by atoms with Crippen molar-refractivity contribution in [3.8, 4) is 0 Å². The Hall–Kier alpha value is -1.33. The summed E-state index contributed by atoms with van der Waals surface area (Å²) in [5, 5.41) is 7.66. The molecule has 5 heteroatoms. The minimum atomic E-state index is -0.176. The Labute approximate surface area is 129 Å². The first-order valence-electron chi connectivity index (χ1n) is 7.47. The Morgan fingerprint density at radius 3 is 2.81 bits per heavy atom. The summed E-state index contributed by atoms with van der Waals surface area (Å²) < 4.78 is 18.4. The van der Waals surface area contributed by atoms with Crippen LogP contribution in [0.3, 0.4) is 0 Å². The van der Waals surface area contributed by atoms with Crippen LogP contribution in [0.5, 0.6) is 0 Å². The molecule has 0 saturated carbocycles. The fourth-order valence-corrected chi connectivity index (χ4v) is 3.15. The maximum atomic E-state index is 14.3. The van der Waals surface area contributed by atoms with E-state index in [2.05, 4.69) is 28.8 Å². The molecular weight excluding hydrogens is 285 g/mol. The van der Waals surface area contributed by atoms with Crippen molar-refractivity contribution in [1.82, 2.24) is 14.9 Å². The highest BCUT2D eigenvalue weighted by Crippen LogP contribution is 2.30. The number of hydrogen-bond donors (Lipinski definition) is 1. The molecule has 0 spiro atoms. The van der Waals surface area contributed by atoms with E-state index in [1.165, 1.54) is 11.5 Å². The van der Waals surface area contributed by atoms with Crippen molar-refractivity contribution in [1.29, 1.82) is 0 Å². The molecule has 21 heavy (non-hydrogen) atoms. The molecule has 0 aliphatic heterocycles. The zero-order valence-electron chi connectivity index (χ0n) is 12.8. The summed E-state index contributed by atoms with van der Waals surface area (Å²) in [5.74, 6) is -0.176. The lowest BCUT2D eigenvalue weighted by Gasteiger charge is -2.19. The summed E-state index contributed by atoms with van der Waals surface area (Å²) >= 11 is 1.37. The zero-order valence-corrected chi connectivity index (χ0v) is 13.6. The number of aromatic nitrogens is 2. The lowest BCUT2D eigenvalue weighted by Crippen LogP contribution is -2.24. The van der Waals surface area contributed by atoms with Gasteiger partial charge in [-0.15, -0.1) is 5.10 Å². The van der Waals surface area contributed by atoms with Gasteiger partial charge in [0.05, 0.1) is 16.6 Å². The minimum absolute atomic E-state index is 0.161. The molecule has 1 unspecified atom stereocenters. The van der Waals surface area contributed by atoms with Gasteiger partial charge >= 0.3 is 0 Å². The van der Waals surface area contributed by atoms with E-state index >= 15 is 0 Å². The molecule has 1 aromatic carbocycles. The second-order valence-electron chi connectivity index (χ2n) is 5.25. The molecule has 0 saturated heterocycles. The smallest absolute Gasteiger partial charge is 0.128 e. The van der Waals surface area contributed by atoms with Crippen LogP contribution in [0.15, 0.2) is 18.2 Å². The topological polar surface area (TPSA) is 37.8 Å². The van der Waals surface area contributed by atoms with Crippen molar-refractivity contribution in [3.63, 3.8) is 0 Å². The highest BCUT2D eigenvalue weighted by molar-refractivity contribution is 7.05. The molecule has 1 atom stereocenters. The highest BCUT2D eigenvalue weighted by atomic mass is 32.1. The van der Waals surface area contributed by atoms with Gasteiger partial charge in [-0.05, 0) is 43.9 Å². The summed E-state index contributed by atoms with van der Waals surface area (Å²) in [5.41, 5.74) is 2.73. The lowest BCUT2D eigenvalue weighted by atomic mass is 10.00. The quantitative estimate of drug-likeness (QED) is 0.839. The minimum Gasteiger partial charge on any atom is -0.305 e. The molecule has 0 radical (unpaired) electrons. The van der Waals surface area contributed by atoms with E-state index in [1.54, 1.807) is 12.1 Å². The molecule has 114 valence electrons. The summed E-state index contributed by atoms with van der Waals surface area (Å²) in [4.78, 5) is 1.04. The number of rotatable bonds is 7. The van der Waals surface area contributed by atoms with Gasteiger partial charge in [0, 0.05) is 5.56 Å². The van der Waals surface area contributed by atoms with Crippen molar-refractivity contribution in [2.24, 2.45) is 0 Å². The van der Waals surface area contributed by atoms with Gasteiger partial charge in [-0.25, -0.2) is 4.39 Å². The van der Waals surface area contributed by atoms with E-state index in [4.69, 9.17) is 0 Å². The molecular formula is C16H22FN3S. The van der Waals surface area contributed by atoms with Gasteiger partial charge < -0.3 is 5.32 Å². The number of nitrogens with zero attached hydrogens (tertiary/aromatic N) is 2. The van der Waals surface area contributed by atoms with Gasteiger partial charge in [-0.2, -0.15) is 0 Å². The van der Waals surface area contributed by atoms with E-state index in [0.717, 1.165) is 41.9 Å². The van der Waals surface area contributed by atoms with Crippen LogP contribution in [-0.2, 0) is 6.42 Å². The monoisotopic (exact) mass is 307 g/mol. The second-order valence-corrected chi connectivity index (χ2v) is 6.03. The second kappa shape index (κ2) is 7.61. The first kappa shape index (κ1) is 16.0. The van der Waals surface area contributed by atoms with Crippen LogP contribution in [0.25, 0.3) is 0 Å². The Balaban J connectivity index is 2.42. The Bertz CT molecular complexity index is 583. The number of aryl methyl sites for hydroxylation is 2. The fourth-order valence-electron chi connectivity index (χ4n) is 2.36. The normalized spacial score (nSPS) is 12.6. The third-order valence-electron chi connectivity index (χ3n) is 3.40. The Morgan fingerprint density at radius 1 is 1.29 bits per heavy atom. The van der Waals surface area contributed by atoms with Gasteiger partial charge in [0.15, 0.2) is 0 Å². The lowest BCUT2D eigenvalue weighted by molar-refractivity contribution is 0.547. The molecule has 3 nitrogen and oxygen atoms in total. The van der Waals surface area contributed by atoms with E-state index < -0.39 is 0 Å². The maximum absolute atomic E-state index is 14.3. The van der Waals surface area contributed by atoms with E-state index in [0.29, 0.717) is 5.56 Å². The SMILES string of the molecule is CCCNC(c1cc(C)ccc1F)c1snnc1CCC. The van der Waals surface area contributed by atoms with Crippen molar-refractivity contribution in [2.45, 2.75) is 46.1 Å².